The molecule has 1 amide bonds. The normalized spacial score (nSPS) is 10.1. The molecule has 4 nitrogen and oxygen atoms in total. The summed E-state index contributed by atoms with van der Waals surface area (Å²) < 4.78 is 0. The van der Waals surface area contributed by atoms with E-state index in [1.165, 1.54) is 11.3 Å². The molecule has 0 saturated heterocycles. The van der Waals surface area contributed by atoms with E-state index in [4.69, 9.17) is 5.73 Å². The van der Waals surface area contributed by atoms with Crippen LogP contribution < -0.4 is 11.1 Å². The molecule has 5 heteroatoms. The molecule has 3 N–H and O–H groups in total. The maximum Gasteiger partial charge on any atom is 0.275 e. The fourth-order valence-corrected chi connectivity index (χ4v) is 1.87. The molecule has 0 saturated carbocycles. The van der Waals surface area contributed by atoms with E-state index in [9.17, 15) is 4.79 Å². The van der Waals surface area contributed by atoms with Crippen LogP contribution in [0.4, 0.5) is 11.4 Å². The maximum absolute atomic E-state index is 11.7. The Balaban J connectivity index is 2.13. The SMILES string of the molecule is Cc1nc(C(=O)Nc2cccc(N)c2)cs1. The molecule has 0 radical (unpaired) electrons. The molecule has 0 unspecified atom stereocenters. The van der Waals surface area contributed by atoms with Gasteiger partial charge in [0.2, 0.25) is 0 Å². The summed E-state index contributed by atoms with van der Waals surface area (Å²) >= 11 is 1.45. The summed E-state index contributed by atoms with van der Waals surface area (Å²) in [7, 11) is 0. The number of amides is 1. The Morgan fingerprint density at radius 2 is 2.31 bits per heavy atom. The minimum atomic E-state index is -0.213. The number of thiazole rings is 1. The van der Waals surface area contributed by atoms with Crippen LogP contribution in [0.3, 0.4) is 0 Å². The third-order valence-corrected chi connectivity index (χ3v) is 2.77. The first-order valence-electron chi connectivity index (χ1n) is 4.74. The molecule has 0 aliphatic heterocycles. The number of carbonyl (C=O) groups excluding carboxylic acids is 1. The third-order valence-electron chi connectivity index (χ3n) is 2.00. The van der Waals surface area contributed by atoms with Gasteiger partial charge in [-0.25, -0.2) is 4.98 Å². The number of nitrogens with zero attached hydrogens (tertiary/aromatic N) is 1. The van der Waals surface area contributed by atoms with Crippen LogP contribution in [0.1, 0.15) is 15.5 Å². The predicted octanol–water partition coefficient (Wildman–Crippen LogP) is 2.29. The van der Waals surface area contributed by atoms with Crippen LogP contribution >= 0.6 is 11.3 Å². The highest BCUT2D eigenvalue weighted by atomic mass is 32.1. The van der Waals surface area contributed by atoms with Gasteiger partial charge in [0, 0.05) is 16.8 Å². The quantitative estimate of drug-likeness (QED) is 0.782. The third kappa shape index (κ3) is 2.38. The van der Waals surface area contributed by atoms with Gasteiger partial charge in [0.05, 0.1) is 5.01 Å². The second-order valence-electron chi connectivity index (χ2n) is 3.33. The van der Waals surface area contributed by atoms with E-state index >= 15 is 0 Å². The number of nitrogens with one attached hydrogen (secondary N) is 1. The highest BCUT2D eigenvalue weighted by Gasteiger charge is 2.09. The molecule has 0 aliphatic carbocycles. The molecule has 0 aliphatic rings. The number of aromatic nitrogens is 1. The number of anilines is 2. The van der Waals surface area contributed by atoms with Crippen molar-refractivity contribution in [2.75, 3.05) is 11.1 Å². The lowest BCUT2D eigenvalue weighted by Crippen LogP contribution is -2.12. The summed E-state index contributed by atoms with van der Waals surface area (Å²) in [6.07, 6.45) is 0. The van der Waals surface area contributed by atoms with Crippen molar-refractivity contribution in [3.63, 3.8) is 0 Å². The molecule has 1 heterocycles. The minimum absolute atomic E-state index is 0.213. The minimum Gasteiger partial charge on any atom is -0.399 e. The van der Waals surface area contributed by atoms with Gasteiger partial charge in [-0.1, -0.05) is 6.07 Å². The molecule has 0 fully saturated rings. The van der Waals surface area contributed by atoms with Crippen LogP contribution in [-0.4, -0.2) is 10.9 Å². The zero-order chi connectivity index (χ0) is 11.5. The Bertz CT molecular complexity index is 521. The summed E-state index contributed by atoms with van der Waals surface area (Å²) in [5.74, 6) is -0.213. The fourth-order valence-electron chi connectivity index (χ4n) is 1.28. The van der Waals surface area contributed by atoms with Crippen LogP contribution in [-0.2, 0) is 0 Å². The summed E-state index contributed by atoms with van der Waals surface area (Å²) in [4.78, 5) is 15.8. The average Bonchev–Trinajstić information content (AvgIpc) is 2.65. The molecule has 0 bridgehead atoms. The van der Waals surface area contributed by atoms with Gasteiger partial charge < -0.3 is 11.1 Å². The number of hydrogen-bond acceptors (Lipinski definition) is 4. The van der Waals surface area contributed by atoms with Crippen molar-refractivity contribution in [2.24, 2.45) is 0 Å². The number of hydrogen-bond donors (Lipinski definition) is 2. The standard InChI is InChI=1S/C11H11N3OS/c1-7-13-10(6-16-7)11(15)14-9-4-2-3-8(12)5-9/h2-6H,12H2,1H3,(H,14,15). The molecular formula is C11H11N3OS. The van der Waals surface area contributed by atoms with Crippen molar-refractivity contribution in [1.82, 2.24) is 4.98 Å². The van der Waals surface area contributed by atoms with Crippen LogP contribution in [0.25, 0.3) is 0 Å². The lowest BCUT2D eigenvalue weighted by Gasteiger charge is -2.03. The molecule has 1 aromatic carbocycles. The first-order valence-corrected chi connectivity index (χ1v) is 5.62. The fraction of sp³-hybridized carbons (Fsp3) is 0.0909. The zero-order valence-electron chi connectivity index (χ0n) is 8.73. The number of aryl methyl sites for hydroxylation is 1. The van der Waals surface area contributed by atoms with Crippen molar-refractivity contribution < 1.29 is 4.79 Å². The first-order chi connectivity index (χ1) is 7.65. The highest BCUT2D eigenvalue weighted by Crippen LogP contribution is 2.14. The van der Waals surface area contributed by atoms with E-state index in [1.54, 1.807) is 29.6 Å². The van der Waals surface area contributed by atoms with Crippen molar-refractivity contribution in [3.05, 3.63) is 40.3 Å². The number of nitrogens with two attached hydrogens (primary N) is 1. The number of nitrogen functional groups attached to an aromatic ring is 1. The van der Waals surface area contributed by atoms with Crippen LogP contribution in [0.5, 0.6) is 0 Å². The maximum atomic E-state index is 11.7. The molecular weight excluding hydrogens is 222 g/mol. The Hall–Kier alpha value is -1.88. The Labute approximate surface area is 97.1 Å². The molecule has 2 aromatic rings. The number of rotatable bonds is 2. The summed E-state index contributed by atoms with van der Waals surface area (Å²) in [5.41, 5.74) is 7.34. The monoisotopic (exact) mass is 233 g/mol. The Morgan fingerprint density at radius 1 is 1.50 bits per heavy atom. The van der Waals surface area contributed by atoms with Gasteiger partial charge in [-0.05, 0) is 25.1 Å². The largest absolute Gasteiger partial charge is 0.399 e. The van der Waals surface area contributed by atoms with Crippen molar-refractivity contribution in [3.8, 4) is 0 Å². The van der Waals surface area contributed by atoms with Crippen LogP contribution in [0.2, 0.25) is 0 Å². The van der Waals surface area contributed by atoms with Gasteiger partial charge in [-0.3, -0.25) is 4.79 Å². The zero-order valence-corrected chi connectivity index (χ0v) is 9.54. The molecule has 82 valence electrons. The molecule has 1 aromatic heterocycles. The second kappa shape index (κ2) is 4.32. The van der Waals surface area contributed by atoms with Crippen molar-refractivity contribution in [2.45, 2.75) is 6.92 Å². The van der Waals surface area contributed by atoms with E-state index < -0.39 is 0 Å². The first kappa shape index (κ1) is 10.6. The number of carbonyl (C=O) groups is 1. The summed E-state index contributed by atoms with van der Waals surface area (Å²) in [5, 5.41) is 5.34. The number of benzene rings is 1. The Kier molecular flexibility index (Phi) is 2.87. The van der Waals surface area contributed by atoms with Gasteiger partial charge in [-0.2, -0.15) is 0 Å². The summed E-state index contributed by atoms with van der Waals surface area (Å²) in [6.45, 7) is 1.86. The lowest BCUT2D eigenvalue weighted by molar-refractivity contribution is 0.102. The van der Waals surface area contributed by atoms with Gasteiger partial charge >= 0.3 is 0 Å². The van der Waals surface area contributed by atoms with Crippen molar-refractivity contribution in [1.29, 1.82) is 0 Å². The van der Waals surface area contributed by atoms with Gasteiger partial charge in [0.1, 0.15) is 5.69 Å². The van der Waals surface area contributed by atoms with E-state index in [2.05, 4.69) is 10.3 Å². The lowest BCUT2D eigenvalue weighted by atomic mass is 10.3. The molecule has 0 spiro atoms. The summed E-state index contributed by atoms with van der Waals surface area (Å²) in [6, 6.07) is 7.05. The van der Waals surface area contributed by atoms with Crippen LogP contribution in [0, 0.1) is 6.92 Å². The second-order valence-corrected chi connectivity index (χ2v) is 4.39. The van der Waals surface area contributed by atoms with E-state index in [0.717, 1.165) is 5.01 Å². The van der Waals surface area contributed by atoms with Gasteiger partial charge in [-0.15, -0.1) is 11.3 Å². The van der Waals surface area contributed by atoms with E-state index in [-0.39, 0.29) is 5.91 Å². The van der Waals surface area contributed by atoms with Crippen LogP contribution in [0.15, 0.2) is 29.6 Å². The molecule has 16 heavy (non-hydrogen) atoms. The van der Waals surface area contributed by atoms with E-state index in [1.807, 2.05) is 6.92 Å². The van der Waals surface area contributed by atoms with Gasteiger partial charge in [0.25, 0.3) is 5.91 Å². The molecule has 0 atom stereocenters. The van der Waals surface area contributed by atoms with Gasteiger partial charge in [0.15, 0.2) is 0 Å². The highest BCUT2D eigenvalue weighted by molar-refractivity contribution is 7.09. The Morgan fingerprint density at radius 3 is 2.94 bits per heavy atom. The van der Waals surface area contributed by atoms with E-state index in [0.29, 0.717) is 17.1 Å². The topological polar surface area (TPSA) is 68.0 Å². The predicted molar refractivity (Wildman–Crippen MR) is 65.7 cm³/mol. The average molecular weight is 233 g/mol. The molecule has 2 rings (SSSR count). The van der Waals surface area contributed by atoms with Crippen molar-refractivity contribution >= 4 is 28.6 Å². The smallest absolute Gasteiger partial charge is 0.275 e.